The first-order valence-corrected chi connectivity index (χ1v) is 7.97. The van der Waals surface area contributed by atoms with E-state index in [1.54, 1.807) is 18.2 Å². The average Bonchev–Trinajstić information content (AvgIpc) is 2.87. The van der Waals surface area contributed by atoms with E-state index in [0.29, 0.717) is 28.5 Å². The summed E-state index contributed by atoms with van der Waals surface area (Å²) in [7, 11) is 0. The van der Waals surface area contributed by atoms with Gasteiger partial charge in [0.1, 0.15) is 10.8 Å². The largest absolute Gasteiger partial charge is 0.396 e. The molecule has 0 unspecified atom stereocenters. The molecule has 0 bridgehead atoms. The van der Waals surface area contributed by atoms with Crippen LogP contribution in [0.25, 0.3) is 0 Å². The second kappa shape index (κ2) is 7.47. The second-order valence-corrected chi connectivity index (χ2v) is 6.77. The third-order valence-electron chi connectivity index (χ3n) is 3.18. The number of nitrogens with zero attached hydrogens (tertiary/aromatic N) is 2. The highest BCUT2D eigenvalue weighted by Crippen LogP contribution is 2.20. The van der Waals surface area contributed by atoms with Crippen molar-refractivity contribution in [2.45, 2.75) is 32.2 Å². The van der Waals surface area contributed by atoms with Crippen molar-refractivity contribution >= 4 is 22.5 Å². The van der Waals surface area contributed by atoms with Crippen LogP contribution >= 0.6 is 11.3 Å². The van der Waals surface area contributed by atoms with Gasteiger partial charge in [-0.15, -0.1) is 10.2 Å². The number of rotatable bonds is 6. The first-order valence-electron chi connectivity index (χ1n) is 7.15. The Labute approximate surface area is 137 Å². The number of anilines is 1. The smallest absolute Gasteiger partial charge is 0.321 e. The molecule has 0 aliphatic rings. The molecule has 8 heteroatoms. The molecule has 1 aromatic carbocycles. The van der Waals surface area contributed by atoms with Crippen LogP contribution in [0.4, 0.5) is 14.3 Å². The van der Waals surface area contributed by atoms with Gasteiger partial charge in [-0.05, 0) is 31.9 Å². The minimum atomic E-state index is -0.528. The lowest BCUT2D eigenvalue weighted by Gasteiger charge is -2.24. The van der Waals surface area contributed by atoms with Crippen molar-refractivity contribution in [2.24, 2.45) is 0 Å². The Bertz CT molecular complexity index is 675. The summed E-state index contributed by atoms with van der Waals surface area (Å²) in [6.07, 6.45) is 0.763. The van der Waals surface area contributed by atoms with Crippen LogP contribution in [-0.2, 0) is 6.42 Å². The number of hydrogen-bond donors (Lipinski definition) is 3. The quantitative estimate of drug-likeness (QED) is 0.755. The molecule has 0 radical (unpaired) electrons. The van der Waals surface area contributed by atoms with Crippen LogP contribution in [0.15, 0.2) is 24.3 Å². The van der Waals surface area contributed by atoms with E-state index in [1.807, 2.05) is 13.8 Å². The highest BCUT2D eigenvalue weighted by Gasteiger charge is 2.20. The fraction of sp³-hybridized carbons (Fsp3) is 0.400. The van der Waals surface area contributed by atoms with Crippen LogP contribution in [0, 0.1) is 5.82 Å². The molecule has 23 heavy (non-hydrogen) atoms. The number of amides is 2. The van der Waals surface area contributed by atoms with Gasteiger partial charge in [-0.2, -0.15) is 0 Å². The predicted octanol–water partition coefficient (Wildman–Crippen LogP) is 2.55. The minimum absolute atomic E-state index is 0.0150. The summed E-state index contributed by atoms with van der Waals surface area (Å²) in [6.45, 7) is 3.61. The summed E-state index contributed by atoms with van der Waals surface area (Å²) in [4.78, 5) is 11.9. The van der Waals surface area contributed by atoms with Crippen LogP contribution in [0.1, 0.15) is 30.8 Å². The molecule has 2 rings (SSSR count). The van der Waals surface area contributed by atoms with Crippen molar-refractivity contribution in [3.8, 4) is 0 Å². The maximum absolute atomic E-state index is 13.6. The Morgan fingerprint density at radius 2 is 2.09 bits per heavy atom. The molecule has 6 nitrogen and oxygen atoms in total. The molecule has 0 aliphatic carbocycles. The minimum Gasteiger partial charge on any atom is -0.396 e. The van der Waals surface area contributed by atoms with E-state index in [1.165, 1.54) is 17.4 Å². The van der Waals surface area contributed by atoms with Gasteiger partial charge in [0.25, 0.3) is 0 Å². The maximum Gasteiger partial charge on any atom is 0.321 e. The van der Waals surface area contributed by atoms with Gasteiger partial charge in [0.15, 0.2) is 0 Å². The van der Waals surface area contributed by atoms with E-state index in [9.17, 15) is 9.18 Å². The molecule has 0 saturated carbocycles. The molecular weight excluding hydrogens is 319 g/mol. The van der Waals surface area contributed by atoms with Crippen LogP contribution in [-0.4, -0.2) is 33.5 Å². The Morgan fingerprint density at radius 3 is 2.78 bits per heavy atom. The maximum atomic E-state index is 13.6. The molecule has 0 fully saturated rings. The van der Waals surface area contributed by atoms with Crippen molar-refractivity contribution in [2.75, 3.05) is 11.9 Å². The monoisotopic (exact) mass is 338 g/mol. The van der Waals surface area contributed by atoms with Crippen molar-refractivity contribution in [3.63, 3.8) is 0 Å². The number of carbonyl (C=O) groups excluding carboxylic acids is 1. The fourth-order valence-electron chi connectivity index (χ4n) is 1.96. The topological polar surface area (TPSA) is 87.1 Å². The Balaban J connectivity index is 1.95. The van der Waals surface area contributed by atoms with Gasteiger partial charge in [-0.3, -0.25) is 5.32 Å². The molecule has 0 spiro atoms. The number of benzene rings is 1. The molecule has 124 valence electrons. The zero-order valence-corrected chi connectivity index (χ0v) is 13.8. The van der Waals surface area contributed by atoms with Gasteiger partial charge in [-0.25, -0.2) is 9.18 Å². The van der Waals surface area contributed by atoms with Gasteiger partial charge in [0.05, 0.1) is 0 Å². The Hall–Kier alpha value is -2.06. The van der Waals surface area contributed by atoms with Gasteiger partial charge in [-0.1, -0.05) is 29.5 Å². The fourth-order valence-corrected chi connectivity index (χ4v) is 2.72. The first-order chi connectivity index (χ1) is 10.9. The summed E-state index contributed by atoms with van der Waals surface area (Å²) in [5, 5.41) is 23.1. The van der Waals surface area contributed by atoms with E-state index in [0.717, 1.165) is 0 Å². The van der Waals surface area contributed by atoms with Gasteiger partial charge in [0, 0.05) is 18.6 Å². The van der Waals surface area contributed by atoms with Crippen LogP contribution in [0.2, 0.25) is 0 Å². The third kappa shape index (κ3) is 5.26. The highest BCUT2D eigenvalue weighted by atomic mass is 32.1. The van der Waals surface area contributed by atoms with Crippen LogP contribution < -0.4 is 10.6 Å². The number of carbonyl (C=O) groups is 1. The predicted molar refractivity (Wildman–Crippen MR) is 87.1 cm³/mol. The zero-order valence-electron chi connectivity index (χ0n) is 13.0. The van der Waals surface area contributed by atoms with Gasteiger partial charge < -0.3 is 10.4 Å². The average molecular weight is 338 g/mol. The van der Waals surface area contributed by atoms with Crippen LogP contribution in [0.5, 0.6) is 0 Å². The standard InChI is InChI=1S/C15H19FN4O2S/c1-15(2,7-8-21)18-13(22)17-14-20-19-12(23-14)9-10-5-3-4-6-11(10)16/h3-6,21H,7-9H2,1-2H3,(H2,17,18,20,22). The van der Waals surface area contributed by atoms with Crippen LogP contribution in [0.3, 0.4) is 0 Å². The first kappa shape index (κ1) is 17.3. The number of aliphatic hydroxyl groups is 1. The Morgan fingerprint density at radius 1 is 1.35 bits per heavy atom. The third-order valence-corrected chi connectivity index (χ3v) is 4.01. The molecule has 1 aromatic heterocycles. The summed E-state index contributed by atoms with van der Waals surface area (Å²) in [5.41, 5.74) is 0.00298. The molecule has 0 atom stereocenters. The van der Waals surface area contributed by atoms with E-state index in [4.69, 9.17) is 5.11 Å². The lowest BCUT2D eigenvalue weighted by Crippen LogP contribution is -2.46. The van der Waals surface area contributed by atoms with Crippen molar-refractivity contribution in [3.05, 3.63) is 40.7 Å². The van der Waals surface area contributed by atoms with E-state index in [-0.39, 0.29) is 12.4 Å². The molecule has 2 aromatic rings. The van der Waals surface area contributed by atoms with Gasteiger partial charge >= 0.3 is 6.03 Å². The van der Waals surface area contributed by atoms with E-state index >= 15 is 0 Å². The lowest BCUT2D eigenvalue weighted by atomic mass is 10.0. The molecule has 0 saturated heterocycles. The van der Waals surface area contributed by atoms with Gasteiger partial charge in [0.2, 0.25) is 5.13 Å². The number of urea groups is 1. The summed E-state index contributed by atoms with van der Waals surface area (Å²) < 4.78 is 13.6. The molecular formula is C15H19FN4O2S. The highest BCUT2D eigenvalue weighted by molar-refractivity contribution is 7.15. The number of halogens is 1. The number of aromatic nitrogens is 2. The lowest BCUT2D eigenvalue weighted by molar-refractivity contribution is 0.218. The van der Waals surface area contributed by atoms with Crippen molar-refractivity contribution in [1.29, 1.82) is 0 Å². The zero-order chi connectivity index (χ0) is 16.9. The van der Waals surface area contributed by atoms with Crippen molar-refractivity contribution < 1.29 is 14.3 Å². The number of hydrogen-bond acceptors (Lipinski definition) is 5. The van der Waals surface area contributed by atoms with E-state index < -0.39 is 11.6 Å². The SMILES string of the molecule is CC(C)(CCO)NC(=O)Nc1nnc(Cc2ccccc2F)s1. The summed E-state index contributed by atoms with van der Waals surface area (Å²) in [5.74, 6) is -0.291. The summed E-state index contributed by atoms with van der Waals surface area (Å²) in [6, 6.07) is 6.05. The van der Waals surface area contributed by atoms with Crippen molar-refractivity contribution in [1.82, 2.24) is 15.5 Å². The molecule has 1 heterocycles. The molecule has 3 N–H and O–H groups in total. The molecule has 0 aliphatic heterocycles. The number of aliphatic hydroxyl groups excluding tert-OH is 1. The Kier molecular flexibility index (Phi) is 5.62. The second-order valence-electron chi connectivity index (χ2n) is 5.71. The normalized spacial score (nSPS) is 11.3. The number of nitrogens with one attached hydrogen (secondary N) is 2. The van der Waals surface area contributed by atoms with E-state index in [2.05, 4.69) is 20.8 Å². The molecule has 2 amide bonds. The summed E-state index contributed by atoms with van der Waals surface area (Å²) >= 11 is 1.19.